The fourth-order valence-corrected chi connectivity index (χ4v) is 2.78. The number of carbonyl (C=O) groups is 3. The first kappa shape index (κ1) is 24.5. The van der Waals surface area contributed by atoms with E-state index in [9.17, 15) is 14.4 Å². The summed E-state index contributed by atoms with van der Waals surface area (Å²) in [5.74, 6) is 0.912. The number of amides is 4. The van der Waals surface area contributed by atoms with E-state index in [1.165, 1.54) is 0 Å². The van der Waals surface area contributed by atoms with Gasteiger partial charge >= 0.3 is 12.1 Å². The molecule has 2 aromatic carbocycles. The molecular weight excluding hydrogens is 412 g/mol. The minimum atomic E-state index is -0.747. The van der Waals surface area contributed by atoms with Crippen molar-refractivity contribution >= 4 is 18.0 Å². The SMILES string of the molecule is CC(C)(C)OC(=O)NCCNC(=O)CC(NC(N)=O)c1cccc(Oc2ccccc2)c1. The number of alkyl carbamates (subject to hydrolysis) is 1. The monoisotopic (exact) mass is 442 g/mol. The quantitative estimate of drug-likeness (QED) is 0.443. The maximum atomic E-state index is 12.4. The second kappa shape index (κ2) is 11.6. The lowest BCUT2D eigenvalue weighted by atomic mass is 10.0. The summed E-state index contributed by atoms with van der Waals surface area (Å²) < 4.78 is 10.9. The Morgan fingerprint density at radius 3 is 2.25 bits per heavy atom. The van der Waals surface area contributed by atoms with Crippen molar-refractivity contribution in [2.24, 2.45) is 5.73 Å². The van der Waals surface area contributed by atoms with E-state index in [-0.39, 0.29) is 25.4 Å². The highest BCUT2D eigenvalue weighted by Gasteiger charge is 2.19. The predicted octanol–water partition coefficient (Wildman–Crippen LogP) is 3.22. The molecule has 2 aromatic rings. The lowest BCUT2D eigenvalue weighted by Crippen LogP contribution is -2.40. The first-order valence-corrected chi connectivity index (χ1v) is 10.2. The Balaban J connectivity index is 1.92. The molecular formula is C23H30N4O5. The van der Waals surface area contributed by atoms with Crippen molar-refractivity contribution in [2.45, 2.75) is 38.8 Å². The van der Waals surface area contributed by atoms with Gasteiger partial charge in [0.2, 0.25) is 5.91 Å². The molecule has 2 rings (SSSR count). The lowest BCUT2D eigenvalue weighted by molar-refractivity contribution is -0.121. The molecule has 1 atom stereocenters. The topological polar surface area (TPSA) is 132 Å². The van der Waals surface area contributed by atoms with Crippen LogP contribution in [0.15, 0.2) is 54.6 Å². The van der Waals surface area contributed by atoms with Gasteiger partial charge in [-0.1, -0.05) is 30.3 Å². The average molecular weight is 443 g/mol. The second-order valence-electron chi connectivity index (χ2n) is 8.03. The van der Waals surface area contributed by atoms with Crippen molar-refractivity contribution < 1.29 is 23.9 Å². The van der Waals surface area contributed by atoms with Gasteiger partial charge in [0, 0.05) is 13.1 Å². The second-order valence-corrected chi connectivity index (χ2v) is 8.03. The Labute approximate surface area is 187 Å². The van der Waals surface area contributed by atoms with E-state index in [2.05, 4.69) is 16.0 Å². The Kier molecular flexibility index (Phi) is 8.88. The minimum absolute atomic E-state index is 0.0375. The molecule has 0 aliphatic carbocycles. The van der Waals surface area contributed by atoms with Gasteiger partial charge in [-0.05, 0) is 50.6 Å². The third-order valence-corrected chi connectivity index (χ3v) is 4.06. The van der Waals surface area contributed by atoms with Gasteiger partial charge in [0.15, 0.2) is 0 Å². The first-order valence-electron chi connectivity index (χ1n) is 10.2. The van der Waals surface area contributed by atoms with Crippen LogP contribution < -0.4 is 26.4 Å². The van der Waals surface area contributed by atoms with Crippen molar-refractivity contribution in [3.8, 4) is 11.5 Å². The summed E-state index contributed by atoms with van der Waals surface area (Å²) in [6.45, 7) is 5.70. The van der Waals surface area contributed by atoms with Crippen LogP contribution in [-0.4, -0.2) is 36.7 Å². The molecule has 172 valence electrons. The summed E-state index contributed by atoms with van der Waals surface area (Å²) >= 11 is 0. The molecule has 0 aromatic heterocycles. The molecule has 32 heavy (non-hydrogen) atoms. The molecule has 0 aliphatic heterocycles. The Bertz CT molecular complexity index is 912. The van der Waals surface area contributed by atoms with Crippen LogP contribution in [0.1, 0.15) is 38.8 Å². The highest BCUT2D eigenvalue weighted by Crippen LogP contribution is 2.25. The van der Waals surface area contributed by atoms with Gasteiger partial charge in [0.05, 0.1) is 12.5 Å². The highest BCUT2D eigenvalue weighted by molar-refractivity contribution is 5.79. The summed E-state index contributed by atoms with van der Waals surface area (Å²) in [4.78, 5) is 35.5. The number of benzene rings is 2. The largest absolute Gasteiger partial charge is 0.457 e. The van der Waals surface area contributed by atoms with Crippen LogP contribution in [0.25, 0.3) is 0 Å². The number of nitrogens with one attached hydrogen (secondary N) is 3. The van der Waals surface area contributed by atoms with Crippen molar-refractivity contribution in [2.75, 3.05) is 13.1 Å². The summed E-state index contributed by atoms with van der Waals surface area (Å²) in [5, 5.41) is 7.84. The molecule has 0 fully saturated rings. The van der Waals surface area contributed by atoms with Gasteiger partial charge in [-0.15, -0.1) is 0 Å². The van der Waals surface area contributed by atoms with E-state index in [1.807, 2.05) is 30.3 Å². The molecule has 0 heterocycles. The zero-order valence-corrected chi connectivity index (χ0v) is 18.5. The van der Waals surface area contributed by atoms with Gasteiger partial charge < -0.3 is 31.2 Å². The number of rotatable bonds is 9. The number of hydrogen-bond donors (Lipinski definition) is 4. The van der Waals surface area contributed by atoms with Crippen LogP contribution in [0, 0.1) is 0 Å². The molecule has 5 N–H and O–H groups in total. The van der Waals surface area contributed by atoms with Crippen molar-refractivity contribution in [3.05, 3.63) is 60.2 Å². The van der Waals surface area contributed by atoms with E-state index in [1.54, 1.807) is 45.0 Å². The van der Waals surface area contributed by atoms with Gasteiger partial charge in [0.1, 0.15) is 17.1 Å². The molecule has 0 saturated heterocycles. The third-order valence-electron chi connectivity index (χ3n) is 4.06. The summed E-state index contributed by atoms with van der Waals surface area (Å²) in [5.41, 5.74) is 5.37. The van der Waals surface area contributed by atoms with Gasteiger partial charge in [-0.3, -0.25) is 4.79 Å². The Morgan fingerprint density at radius 1 is 0.938 bits per heavy atom. The van der Waals surface area contributed by atoms with Crippen LogP contribution >= 0.6 is 0 Å². The summed E-state index contributed by atoms with van der Waals surface area (Å²) in [6.07, 6.45) is -0.597. The molecule has 0 bridgehead atoms. The average Bonchev–Trinajstić information content (AvgIpc) is 2.70. The molecule has 0 spiro atoms. The number of carbonyl (C=O) groups excluding carboxylic acids is 3. The van der Waals surface area contributed by atoms with Crippen LogP contribution in [0.2, 0.25) is 0 Å². The standard InChI is InChI=1S/C23H30N4O5/c1-23(2,3)32-22(30)26-13-12-25-20(28)15-19(27-21(24)29)16-8-7-11-18(14-16)31-17-9-5-4-6-10-17/h4-11,14,19H,12-13,15H2,1-3H3,(H,25,28)(H,26,30)(H3,24,27,29). The molecule has 9 heteroatoms. The molecule has 9 nitrogen and oxygen atoms in total. The maximum Gasteiger partial charge on any atom is 0.407 e. The highest BCUT2D eigenvalue weighted by atomic mass is 16.6. The number of hydrogen-bond acceptors (Lipinski definition) is 5. The molecule has 0 radical (unpaired) electrons. The molecule has 0 saturated carbocycles. The number of urea groups is 1. The fraction of sp³-hybridized carbons (Fsp3) is 0.348. The van der Waals surface area contributed by atoms with Crippen molar-refractivity contribution in [3.63, 3.8) is 0 Å². The lowest BCUT2D eigenvalue weighted by Gasteiger charge is -2.20. The van der Waals surface area contributed by atoms with Crippen molar-refractivity contribution in [1.29, 1.82) is 0 Å². The maximum absolute atomic E-state index is 12.4. The fourth-order valence-electron chi connectivity index (χ4n) is 2.78. The minimum Gasteiger partial charge on any atom is -0.457 e. The molecule has 4 amide bonds. The van der Waals surface area contributed by atoms with Gasteiger partial charge in [-0.2, -0.15) is 0 Å². The molecule has 0 aliphatic rings. The van der Waals surface area contributed by atoms with E-state index in [0.717, 1.165) is 0 Å². The van der Waals surface area contributed by atoms with Crippen LogP contribution in [0.3, 0.4) is 0 Å². The number of primary amides is 1. The van der Waals surface area contributed by atoms with Crippen LogP contribution in [0.5, 0.6) is 11.5 Å². The summed E-state index contributed by atoms with van der Waals surface area (Å²) in [6, 6.07) is 14.9. The number of para-hydroxylation sites is 1. The normalized spacial score (nSPS) is 11.7. The third kappa shape index (κ3) is 9.38. The zero-order chi connectivity index (χ0) is 23.6. The smallest absolute Gasteiger partial charge is 0.407 e. The van der Waals surface area contributed by atoms with Crippen LogP contribution in [-0.2, 0) is 9.53 Å². The number of nitrogens with two attached hydrogens (primary N) is 1. The van der Waals surface area contributed by atoms with Gasteiger partial charge in [0.25, 0.3) is 0 Å². The van der Waals surface area contributed by atoms with E-state index >= 15 is 0 Å². The summed E-state index contributed by atoms with van der Waals surface area (Å²) in [7, 11) is 0. The molecule has 1 unspecified atom stereocenters. The van der Waals surface area contributed by atoms with E-state index in [0.29, 0.717) is 17.1 Å². The van der Waals surface area contributed by atoms with Crippen LogP contribution in [0.4, 0.5) is 9.59 Å². The van der Waals surface area contributed by atoms with E-state index in [4.69, 9.17) is 15.2 Å². The zero-order valence-electron chi connectivity index (χ0n) is 18.5. The first-order chi connectivity index (χ1) is 15.1. The Hall–Kier alpha value is -3.75. The predicted molar refractivity (Wildman–Crippen MR) is 120 cm³/mol. The Morgan fingerprint density at radius 2 is 1.59 bits per heavy atom. The number of ether oxygens (including phenoxy) is 2. The van der Waals surface area contributed by atoms with E-state index < -0.39 is 23.8 Å². The van der Waals surface area contributed by atoms with Crippen molar-refractivity contribution in [1.82, 2.24) is 16.0 Å². The van der Waals surface area contributed by atoms with Gasteiger partial charge in [-0.25, -0.2) is 9.59 Å².